The Morgan fingerprint density at radius 3 is 2.45 bits per heavy atom. The lowest BCUT2D eigenvalue weighted by Crippen LogP contribution is -2.36. The first-order valence-corrected chi connectivity index (χ1v) is 7.83. The number of rotatable bonds is 6. The molecule has 1 saturated carbocycles. The van der Waals surface area contributed by atoms with E-state index in [-0.39, 0.29) is 5.41 Å². The van der Waals surface area contributed by atoms with Gasteiger partial charge >= 0.3 is 0 Å². The number of carbonyl (C=O) groups excluding carboxylic acids is 1. The van der Waals surface area contributed by atoms with Gasteiger partial charge in [-0.2, -0.15) is 0 Å². The fourth-order valence-electron chi connectivity index (χ4n) is 3.36. The lowest BCUT2D eigenvalue weighted by atomic mass is 9.68. The first-order valence-electron chi connectivity index (χ1n) is 7.83. The number of hydrogen-bond donors (Lipinski definition) is 0. The van der Waals surface area contributed by atoms with Crippen molar-refractivity contribution >= 4 is 5.78 Å². The Hall–Kier alpha value is -1.15. The van der Waals surface area contributed by atoms with Gasteiger partial charge in [-0.05, 0) is 44.6 Å². The topological polar surface area (TPSA) is 26.3 Å². The summed E-state index contributed by atoms with van der Waals surface area (Å²) in [5.41, 5.74) is 1.17. The number of benzene rings is 1. The number of carbonyl (C=O) groups is 1. The maximum absolute atomic E-state index is 12.0. The minimum atomic E-state index is -0.0542. The molecule has 1 aromatic rings. The van der Waals surface area contributed by atoms with E-state index in [0.717, 1.165) is 38.5 Å². The van der Waals surface area contributed by atoms with E-state index in [1.165, 1.54) is 5.56 Å². The molecule has 1 fully saturated rings. The largest absolute Gasteiger partial charge is 0.374 e. The SMILES string of the molecule is CCCC1(C(C)=O)CCC(OCc2ccccc2)CC1. The highest BCUT2D eigenvalue weighted by Crippen LogP contribution is 2.42. The molecule has 0 atom stereocenters. The van der Waals surface area contributed by atoms with E-state index in [0.29, 0.717) is 18.5 Å². The van der Waals surface area contributed by atoms with Crippen LogP contribution in [0.15, 0.2) is 30.3 Å². The van der Waals surface area contributed by atoms with Crippen LogP contribution in [0.1, 0.15) is 57.9 Å². The van der Waals surface area contributed by atoms with Crippen LogP contribution in [0.5, 0.6) is 0 Å². The van der Waals surface area contributed by atoms with Crippen LogP contribution in [0, 0.1) is 5.41 Å². The Morgan fingerprint density at radius 1 is 1.25 bits per heavy atom. The van der Waals surface area contributed by atoms with Gasteiger partial charge in [0, 0.05) is 5.41 Å². The summed E-state index contributed by atoms with van der Waals surface area (Å²) in [6.45, 7) is 4.62. The highest BCUT2D eigenvalue weighted by Gasteiger charge is 2.38. The quantitative estimate of drug-likeness (QED) is 0.762. The fraction of sp³-hybridized carbons (Fsp3) is 0.611. The second-order valence-corrected chi connectivity index (χ2v) is 6.08. The van der Waals surface area contributed by atoms with Crippen molar-refractivity contribution in [1.82, 2.24) is 0 Å². The number of ether oxygens (including phenoxy) is 1. The third-order valence-corrected chi connectivity index (χ3v) is 4.69. The van der Waals surface area contributed by atoms with Crippen LogP contribution in [0.3, 0.4) is 0 Å². The van der Waals surface area contributed by atoms with Gasteiger partial charge in [-0.1, -0.05) is 43.7 Å². The number of Topliss-reactive ketones (excluding diaryl/α,β-unsaturated/α-hetero) is 1. The van der Waals surface area contributed by atoms with Gasteiger partial charge in [0.05, 0.1) is 12.7 Å². The molecule has 2 rings (SSSR count). The molecule has 0 N–H and O–H groups in total. The normalized spacial score (nSPS) is 26.4. The van der Waals surface area contributed by atoms with Gasteiger partial charge < -0.3 is 4.74 Å². The summed E-state index contributed by atoms with van der Waals surface area (Å²) in [4.78, 5) is 12.0. The van der Waals surface area contributed by atoms with Gasteiger partial charge in [0.25, 0.3) is 0 Å². The van der Waals surface area contributed by atoms with Crippen molar-refractivity contribution < 1.29 is 9.53 Å². The number of ketones is 1. The van der Waals surface area contributed by atoms with Gasteiger partial charge in [-0.25, -0.2) is 0 Å². The predicted octanol–water partition coefficient (Wildman–Crippen LogP) is 4.52. The summed E-state index contributed by atoms with van der Waals surface area (Å²) in [6.07, 6.45) is 6.48. The zero-order chi connectivity index (χ0) is 14.4. The minimum Gasteiger partial charge on any atom is -0.374 e. The Kier molecular flexibility index (Phi) is 5.36. The molecule has 0 bridgehead atoms. The van der Waals surface area contributed by atoms with Crippen molar-refractivity contribution in [2.45, 2.75) is 65.1 Å². The van der Waals surface area contributed by atoms with Crippen molar-refractivity contribution in [3.63, 3.8) is 0 Å². The molecular formula is C18H26O2. The Balaban J connectivity index is 1.83. The van der Waals surface area contributed by atoms with E-state index in [1.807, 2.05) is 18.2 Å². The van der Waals surface area contributed by atoms with Crippen molar-refractivity contribution in [2.75, 3.05) is 0 Å². The molecule has 0 saturated heterocycles. The molecule has 1 aliphatic rings. The zero-order valence-corrected chi connectivity index (χ0v) is 12.7. The molecule has 110 valence electrons. The lowest BCUT2D eigenvalue weighted by Gasteiger charge is -2.38. The third-order valence-electron chi connectivity index (χ3n) is 4.69. The maximum atomic E-state index is 12.0. The van der Waals surface area contributed by atoms with Crippen LogP contribution in [0.25, 0.3) is 0 Å². The van der Waals surface area contributed by atoms with Crippen LogP contribution in [0.4, 0.5) is 0 Å². The average Bonchev–Trinajstić information content (AvgIpc) is 2.48. The molecule has 0 heterocycles. The molecule has 0 aliphatic heterocycles. The van der Waals surface area contributed by atoms with E-state index in [9.17, 15) is 4.79 Å². The summed E-state index contributed by atoms with van der Waals surface area (Å²) in [5.74, 6) is 0.376. The van der Waals surface area contributed by atoms with Crippen molar-refractivity contribution in [3.05, 3.63) is 35.9 Å². The molecule has 0 amide bonds. The minimum absolute atomic E-state index is 0.0542. The van der Waals surface area contributed by atoms with Crippen LogP contribution < -0.4 is 0 Å². The molecule has 2 heteroatoms. The smallest absolute Gasteiger partial charge is 0.135 e. The van der Waals surface area contributed by atoms with Crippen LogP contribution in [-0.4, -0.2) is 11.9 Å². The summed E-state index contributed by atoms with van der Waals surface area (Å²) in [5, 5.41) is 0. The van der Waals surface area contributed by atoms with Crippen molar-refractivity contribution in [1.29, 1.82) is 0 Å². The van der Waals surface area contributed by atoms with Crippen LogP contribution in [-0.2, 0) is 16.1 Å². The maximum Gasteiger partial charge on any atom is 0.135 e. The van der Waals surface area contributed by atoms with Gasteiger partial charge in [-0.3, -0.25) is 4.79 Å². The van der Waals surface area contributed by atoms with Gasteiger partial charge in [0.15, 0.2) is 0 Å². The predicted molar refractivity (Wildman–Crippen MR) is 81.5 cm³/mol. The van der Waals surface area contributed by atoms with Crippen LogP contribution in [0.2, 0.25) is 0 Å². The fourth-order valence-corrected chi connectivity index (χ4v) is 3.36. The number of hydrogen-bond acceptors (Lipinski definition) is 2. The highest BCUT2D eigenvalue weighted by atomic mass is 16.5. The van der Waals surface area contributed by atoms with E-state index in [1.54, 1.807) is 6.92 Å². The Morgan fingerprint density at radius 2 is 1.90 bits per heavy atom. The molecule has 0 unspecified atom stereocenters. The van der Waals surface area contributed by atoms with Crippen molar-refractivity contribution in [2.24, 2.45) is 5.41 Å². The van der Waals surface area contributed by atoms with Gasteiger partial charge in [-0.15, -0.1) is 0 Å². The molecular weight excluding hydrogens is 248 g/mol. The third kappa shape index (κ3) is 3.69. The summed E-state index contributed by atoms with van der Waals surface area (Å²) in [7, 11) is 0. The van der Waals surface area contributed by atoms with E-state index in [2.05, 4.69) is 19.1 Å². The summed E-state index contributed by atoms with van der Waals surface area (Å²) < 4.78 is 6.01. The average molecular weight is 274 g/mol. The molecule has 0 spiro atoms. The molecule has 0 radical (unpaired) electrons. The lowest BCUT2D eigenvalue weighted by molar-refractivity contribution is -0.131. The molecule has 0 aromatic heterocycles. The molecule has 1 aliphatic carbocycles. The van der Waals surface area contributed by atoms with E-state index >= 15 is 0 Å². The highest BCUT2D eigenvalue weighted by molar-refractivity contribution is 5.82. The first kappa shape index (κ1) is 15.2. The van der Waals surface area contributed by atoms with E-state index < -0.39 is 0 Å². The van der Waals surface area contributed by atoms with E-state index in [4.69, 9.17) is 4.74 Å². The monoisotopic (exact) mass is 274 g/mol. The second kappa shape index (κ2) is 7.03. The summed E-state index contributed by atoms with van der Waals surface area (Å²) >= 11 is 0. The zero-order valence-electron chi connectivity index (χ0n) is 12.7. The first-order chi connectivity index (χ1) is 9.66. The standard InChI is InChI=1S/C18H26O2/c1-3-11-18(15(2)19)12-9-17(10-13-18)20-14-16-7-5-4-6-8-16/h4-8,17H,3,9-14H2,1-2H3. The van der Waals surface area contributed by atoms with Gasteiger partial charge in [0.2, 0.25) is 0 Å². The molecule has 1 aromatic carbocycles. The van der Waals surface area contributed by atoms with Crippen LogP contribution >= 0.6 is 0 Å². The summed E-state index contributed by atoms with van der Waals surface area (Å²) in [6, 6.07) is 10.3. The second-order valence-electron chi connectivity index (χ2n) is 6.08. The molecule has 20 heavy (non-hydrogen) atoms. The Bertz CT molecular complexity index is 416. The van der Waals surface area contributed by atoms with Crippen molar-refractivity contribution in [3.8, 4) is 0 Å². The Labute approximate surface area is 122 Å². The van der Waals surface area contributed by atoms with Gasteiger partial charge in [0.1, 0.15) is 5.78 Å². The molecule has 2 nitrogen and oxygen atoms in total.